The number of fused-ring (bicyclic) bond motifs is 2. The Morgan fingerprint density at radius 1 is 0.622 bits per heavy atom. The van der Waals surface area contributed by atoms with Crippen LogP contribution in [-0.4, -0.2) is 51.7 Å². The number of nitrogens with zero attached hydrogens (tertiary/aromatic N) is 6. The fraction of sp³-hybridized carbons (Fsp3) is 0.471. The van der Waals surface area contributed by atoms with Crippen LogP contribution in [0.15, 0.2) is 56.4 Å². The van der Waals surface area contributed by atoms with Crippen molar-refractivity contribution in [2.45, 2.75) is 90.9 Å². The number of nitrogens with one attached hydrogen (secondary N) is 1. The van der Waals surface area contributed by atoms with Crippen molar-refractivity contribution in [1.82, 2.24) is 15.2 Å². The van der Waals surface area contributed by atoms with Gasteiger partial charge in [-0.05, 0) is 49.2 Å². The van der Waals surface area contributed by atoms with Gasteiger partial charge in [-0.3, -0.25) is 0 Å². The van der Waals surface area contributed by atoms with Gasteiger partial charge in [0.05, 0.1) is 13.2 Å². The lowest BCUT2D eigenvalue weighted by molar-refractivity contribution is 0.304. The summed E-state index contributed by atoms with van der Waals surface area (Å²) in [6, 6.07) is 11.5. The minimum absolute atomic E-state index is 0.186. The molecule has 0 fully saturated rings. The first-order chi connectivity index (χ1) is 22.1. The minimum atomic E-state index is 0.186. The molecule has 238 valence electrons. The van der Waals surface area contributed by atoms with E-state index in [1.165, 1.54) is 64.2 Å². The number of amidine groups is 4. The average Bonchev–Trinajstić information content (AvgIpc) is 3.71. The summed E-state index contributed by atoms with van der Waals surface area (Å²) >= 11 is 0. The summed E-state index contributed by atoms with van der Waals surface area (Å²) in [5, 5.41) is 7.02. The molecule has 3 heterocycles. The largest absolute Gasteiger partial charge is 0.494 e. The van der Waals surface area contributed by atoms with E-state index in [0.29, 0.717) is 36.6 Å². The molecule has 0 aliphatic carbocycles. The summed E-state index contributed by atoms with van der Waals surface area (Å²) < 4.78 is 11.9. The predicted molar refractivity (Wildman–Crippen MR) is 181 cm³/mol. The second kappa shape index (κ2) is 16.0. The second-order valence-corrected chi connectivity index (χ2v) is 11.5. The van der Waals surface area contributed by atoms with Crippen molar-refractivity contribution in [3.05, 3.63) is 58.7 Å². The van der Waals surface area contributed by atoms with Crippen molar-refractivity contribution in [2.24, 2.45) is 31.4 Å². The molecule has 5 rings (SSSR count). The van der Waals surface area contributed by atoms with Gasteiger partial charge in [0.15, 0.2) is 11.7 Å². The van der Waals surface area contributed by atoms with Gasteiger partial charge in [0, 0.05) is 22.3 Å². The zero-order chi connectivity index (χ0) is 31.4. The molecule has 45 heavy (non-hydrogen) atoms. The molecule has 1 aromatic heterocycles. The number of aromatic amines is 1. The first-order valence-electron chi connectivity index (χ1n) is 16.4. The summed E-state index contributed by atoms with van der Waals surface area (Å²) in [7, 11) is 0. The van der Waals surface area contributed by atoms with Crippen LogP contribution in [0.3, 0.4) is 0 Å². The van der Waals surface area contributed by atoms with Gasteiger partial charge < -0.3 is 20.9 Å². The standard InChI is InChI=1S/C34H45N9O2/c1-3-5-7-9-11-13-19-44-23-15-17-25-27(21-23)29(35)37-31(25)39-33-41-34(43-42-33)40-32-26-18-16-24(22-28(26)30(36)38-32)45-20-14-12-10-8-6-4-2/h15-18,21-22H,3-14,19-20H2,1-2H3,(H5,35,36,37,38,39,40,41,42,43). The average molecular weight is 612 g/mol. The molecule has 2 aromatic carbocycles. The summed E-state index contributed by atoms with van der Waals surface area (Å²) in [5.74, 6) is 3.63. The number of hydrogen-bond donors (Lipinski definition) is 3. The van der Waals surface area contributed by atoms with Gasteiger partial charge in [-0.25, -0.2) is 15.1 Å². The lowest BCUT2D eigenvalue weighted by Gasteiger charge is -2.08. The SMILES string of the molecule is CCCCCCCCOc1ccc2c(c1)C(N)=N/C2=N\c1nc(/N=C2/N=C(N)c3cc(OCCCCCCCC)ccc32)n[nH]1. The maximum absolute atomic E-state index is 6.23. The Kier molecular flexibility index (Phi) is 11.3. The molecule has 0 amide bonds. The van der Waals surface area contributed by atoms with E-state index in [2.05, 4.69) is 49.0 Å². The van der Waals surface area contributed by atoms with Crippen molar-refractivity contribution in [1.29, 1.82) is 0 Å². The molecule has 11 heteroatoms. The topological polar surface area (TPSA) is 162 Å². The van der Waals surface area contributed by atoms with E-state index in [0.717, 1.165) is 46.6 Å². The molecule has 2 aliphatic rings. The fourth-order valence-electron chi connectivity index (χ4n) is 5.36. The van der Waals surface area contributed by atoms with E-state index in [1.54, 1.807) is 0 Å². The van der Waals surface area contributed by atoms with Crippen molar-refractivity contribution in [3.63, 3.8) is 0 Å². The smallest absolute Gasteiger partial charge is 0.272 e. The van der Waals surface area contributed by atoms with Crippen molar-refractivity contribution in [3.8, 4) is 11.5 Å². The molecule has 5 N–H and O–H groups in total. The Balaban J connectivity index is 1.18. The van der Waals surface area contributed by atoms with E-state index in [4.69, 9.17) is 20.9 Å². The van der Waals surface area contributed by atoms with Crippen LogP contribution in [-0.2, 0) is 0 Å². The first-order valence-corrected chi connectivity index (χ1v) is 16.4. The van der Waals surface area contributed by atoms with Crippen LogP contribution in [0.5, 0.6) is 11.5 Å². The number of rotatable bonds is 18. The third-order valence-electron chi connectivity index (χ3n) is 7.88. The molecule has 3 aromatic rings. The van der Waals surface area contributed by atoms with E-state index in [1.807, 2.05) is 36.4 Å². The van der Waals surface area contributed by atoms with E-state index in [9.17, 15) is 0 Å². The normalized spacial score (nSPS) is 15.3. The molecule has 0 spiro atoms. The van der Waals surface area contributed by atoms with Crippen LogP contribution in [0.4, 0.5) is 11.9 Å². The third-order valence-corrected chi connectivity index (χ3v) is 7.88. The Hall–Kier alpha value is -4.54. The van der Waals surface area contributed by atoms with Gasteiger partial charge in [0.1, 0.15) is 23.2 Å². The number of benzene rings is 2. The van der Waals surface area contributed by atoms with Crippen LogP contribution in [0, 0.1) is 0 Å². The highest BCUT2D eigenvalue weighted by Gasteiger charge is 2.23. The van der Waals surface area contributed by atoms with Gasteiger partial charge >= 0.3 is 0 Å². The Bertz CT molecular complexity index is 1460. The third kappa shape index (κ3) is 8.55. The van der Waals surface area contributed by atoms with Crippen LogP contribution < -0.4 is 20.9 Å². The minimum Gasteiger partial charge on any atom is -0.494 e. The molecule has 0 radical (unpaired) electrons. The summed E-state index contributed by atoms with van der Waals surface area (Å²) in [5.41, 5.74) is 15.6. The highest BCUT2D eigenvalue weighted by atomic mass is 16.5. The number of hydrogen-bond acceptors (Lipinski definition) is 8. The van der Waals surface area contributed by atoms with Gasteiger partial charge in [-0.1, -0.05) is 78.1 Å². The van der Waals surface area contributed by atoms with Gasteiger partial charge in [-0.2, -0.15) is 15.0 Å². The number of aromatic nitrogens is 3. The van der Waals surface area contributed by atoms with E-state index in [-0.39, 0.29) is 11.9 Å². The first kappa shape index (κ1) is 31.9. The van der Waals surface area contributed by atoms with E-state index >= 15 is 0 Å². The fourth-order valence-corrected chi connectivity index (χ4v) is 5.36. The van der Waals surface area contributed by atoms with Gasteiger partial charge in [0.2, 0.25) is 5.95 Å². The maximum atomic E-state index is 6.23. The highest BCUT2D eigenvalue weighted by molar-refractivity contribution is 6.23. The number of ether oxygens (including phenoxy) is 2. The van der Waals surface area contributed by atoms with Crippen molar-refractivity contribution < 1.29 is 9.47 Å². The molecule has 0 saturated heterocycles. The lowest BCUT2D eigenvalue weighted by atomic mass is 10.1. The molecule has 2 aliphatic heterocycles. The second-order valence-electron chi connectivity index (χ2n) is 11.5. The van der Waals surface area contributed by atoms with Gasteiger partial charge in [0.25, 0.3) is 5.95 Å². The van der Waals surface area contributed by atoms with E-state index < -0.39 is 0 Å². The van der Waals surface area contributed by atoms with Crippen LogP contribution in [0.2, 0.25) is 0 Å². The molecular weight excluding hydrogens is 566 g/mol. The van der Waals surface area contributed by atoms with Gasteiger partial charge in [-0.15, -0.1) is 5.10 Å². The molecular formula is C34H45N9O2. The monoisotopic (exact) mass is 611 g/mol. The number of unbranched alkanes of at least 4 members (excludes halogenated alkanes) is 10. The summed E-state index contributed by atoms with van der Waals surface area (Å²) in [6.07, 6.45) is 14.6. The van der Waals surface area contributed by atoms with Crippen molar-refractivity contribution in [2.75, 3.05) is 13.2 Å². The maximum Gasteiger partial charge on any atom is 0.272 e. The molecule has 0 atom stereocenters. The molecule has 0 saturated carbocycles. The van der Waals surface area contributed by atoms with Crippen molar-refractivity contribution >= 4 is 35.2 Å². The lowest BCUT2D eigenvalue weighted by Crippen LogP contribution is -2.10. The Morgan fingerprint density at radius 2 is 1.11 bits per heavy atom. The summed E-state index contributed by atoms with van der Waals surface area (Å²) in [6.45, 7) is 5.82. The number of aliphatic imine (C=N–C) groups is 4. The highest BCUT2D eigenvalue weighted by Crippen LogP contribution is 2.27. The zero-order valence-corrected chi connectivity index (χ0v) is 26.5. The van der Waals surface area contributed by atoms with Crippen LogP contribution >= 0.6 is 0 Å². The molecule has 0 unspecified atom stereocenters. The van der Waals surface area contributed by atoms with Crippen LogP contribution in [0.25, 0.3) is 0 Å². The Morgan fingerprint density at radius 3 is 1.64 bits per heavy atom. The van der Waals surface area contributed by atoms with Crippen LogP contribution in [0.1, 0.15) is 113 Å². The quantitative estimate of drug-likeness (QED) is 0.133. The number of nitrogens with two attached hydrogens (primary N) is 2. The summed E-state index contributed by atoms with van der Waals surface area (Å²) in [4.78, 5) is 22.4. The molecule has 11 nitrogen and oxygen atoms in total. The zero-order valence-electron chi connectivity index (χ0n) is 26.5. The molecule has 0 bridgehead atoms. The number of H-pyrrole nitrogens is 1. The predicted octanol–water partition coefficient (Wildman–Crippen LogP) is 6.88. The Labute approximate surface area is 265 Å².